The van der Waals surface area contributed by atoms with Gasteiger partial charge in [0, 0.05) is 13.1 Å². The molecule has 98 valence electrons. The Morgan fingerprint density at radius 1 is 1.29 bits per heavy atom. The minimum atomic E-state index is 0.0727. The molecule has 0 bridgehead atoms. The summed E-state index contributed by atoms with van der Waals surface area (Å²) in [5.74, 6) is 0.134. The molecule has 0 N–H and O–H groups in total. The normalized spacial score (nSPS) is 19.8. The lowest BCUT2D eigenvalue weighted by Gasteiger charge is -2.34. The van der Waals surface area contributed by atoms with Gasteiger partial charge in [0.1, 0.15) is 0 Å². The summed E-state index contributed by atoms with van der Waals surface area (Å²) in [5.41, 5.74) is 0.0727. The molecule has 1 fully saturated rings. The number of likely N-dealkylation sites (tertiary alicyclic amines) is 1. The predicted molar refractivity (Wildman–Crippen MR) is 71.9 cm³/mol. The van der Waals surface area contributed by atoms with Crippen LogP contribution in [0.25, 0.3) is 0 Å². The number of piperidine rings is 1. The summed E-state index contributed by atoms with van der Waals surface area (Å²) < 4.78 is 0. The fourth-order valence-corrected chi connectivity index (χ4v) is 2.00. The van der Waals surface area contributed by atoms with Crippen LogP contribution in [0, 0.1) is 5.41 Å². The van der Waals surface area contributed by atoms with Gasteiger partial charge in [0.2, 0.25) is 5.91 Å². The van der Waals surface area contributed by atoms with Crippen molar-refractivity contribution in [1.82, 2.24) is 9.80 Å². The lowest BCUT2D eigenvalue weighted by molar-refractivity contribution is -0.127. The maximum absolute atomic E-state index is 12.0. The number of likely N-dealkylation sites (N-methyl/N-ethyl adjacent to an activating group) is 1. The van der Waals surface area contributed by atoms with E-state index in [0.29, 0.717) is 6.04 Å². The highest BCUT2D eigenvalue weighted by Crippen LogP contribution is 2.17. The minimum Gasteiger partial charge on any atom is -0.339 e. The molecule has 3 nitrogen and oxygen atoms in total. The Kier molecular flexibility index (Phi) is 4.75. The molecule has 1 saturated heterocycles. The van der Waals surface area contributed by atoms with Gasteiger partial charge < -0.3 is 9.80 Å². The van der Waals surface area contributed by atoms with Gasteiger partial charge in [-0.2, -0.15) is 0 Å². The van der Waals surface area contributed by atoms with Gasteiger partial charge in [0.25, 0.3) is 0 Å². The monoisotopic (exact) mass is 238 g/mol. The van der Waals surface area contributed by atoms with E-state index in [-0.39, 0.29) is 11.3 Å². The number of allylic oxidation sites excluding steroid dienone is 1. The van der Waals surface area contributed by atoms with Crippen molar-refractivity contribution in [2.75, 3.05) is 27.2 Å². The van der Waals surface area contributed by atoms with E-state index in [1.165, 1.54) is 0 Å². The first-order valence-electron chi connectivity index (χ1n) is 6.44. The number of carbonyl (C=O) groups is 1. The van der Waals surface area contributed by atoms with Crippen LogP contribution in [-0.2, 0) is 4.79 Å². The second kappa shape index (κ2) is 5.67. The highest BCUT2D eigenvalue weighted by molar-refractivity contribution is 5.87. The number of hydrogen-bond donors (Lipinski definition) is 0. The largest absolute Gasteiger partial charge is 0.339 e. The zero-order valence-electron chi connectivity index (χ0n) is 11.9. The topological polar surface area (TPSA) is 23.6 Å². The molecule has 1 rings (SSSR count). The molecule has 1 aliphatic rings. The van der Waals surface area contributed by atoms with Crippen LogP contribution in [0.5, 0.6) is 0 Å². The van der Waals surface area contributed by atoms with Crippen molar-refractivity contribution in [3.8, 4) is 0 Å². The van der Waals surface area contributed by atoms with Crippen LogP contribution in [0.1, 0.15) is 33.6 Å². The number of amides is 1. The van der Waals surface area contributed by atoms with Crippen LogP contribution < -0.4 is 0 Å². The third kappa shape index (κ3) is 4.90. The van der Waals surface area contributed by atoms with E-state index in [1.54, 1.807) is 6.08 Å². The predicted octanol–water partition coefficient (Wildman–Crippen LogP) is 2.14. The molecule has 0 atom stereocenters. The molecule has 0 spiro atoms. The van der Waals surface area contributed by atoms with Gasteiger partial charge in [0.05, 0.1) is 0 Å². The second-order valence-corrected chi connectivity index (χ2v) is 6.18. The molecule has 1 aliphatic heterocycles. The van der Waals surface area contributed by atoms with E-state index >= 15 is 0 Å². The lowest BCUT2D eigenvalue weighted by Crippen LogP contribution is -2.44. The van der Waals surface area contributed by atoms with E-state index in [9.17, 15) is 4.79 Å². The molecule has 3 heteroatoms. The van der Waals surface area contributed by atoms with Crippen LogP contribution in [0.15, 0.2) is 12.2 Å². The molecule has 1 heterocycles. The molecule has 0 aliphatic carbocycles. The van der Waals surface area contributed by atoms with Crippen LogP contribution in [0.3, 0.4) is 0 Å². The van der Waals surface area contributed by atoms with Crippen molar-refractivity contribution in [3.63, 3.8) is 0 Å². The van der Waals surface area contributed by atoms with Gasteiger partial charge >= 0.3 is 0 Å². The van der Waals surface area contributed by atoms with E-state index < -0.39 is 0 Å². The summed E-state index contributed by atoms with van der Waals surface area (Å²) in [6.45, 7) is 8.49. The quantitative estimate of drug-likeness (QED) is 0.688. The van der Waals surface area contributed by atoms with Crippen LogP contribution in [0.4, 0.5) is 0 Å². The van der Waals surface area contributed by atoms with E-state index in [2.05, 4.69) is 32.7 Å². The summed E-state index contributed by atoms with van der Waals surface area (Å²) in [6, 6.07) is 0.406. The number of hydrogen-bond acceptors (Lipinski definition) is 2. The van der Waals surface area contributed by atoms with Gasteiger partial charge in [-0.05, 0) is 44.5 Å². The zero-order valence-corrected chi connectivity index (χ0v) is 11.9. The van der Waals surface area contributed by atoms with Crippen molar-refractivity contribution < 1.29 is 4.79 Å². The maximum Gasteiger partial charge on any atom is 0.246 e. The second-order valence-electron chi connectivity index (χ2n) is 6.18. The van der Waals surface area contributed by atoms with Gasteiger partial charge in [-0.3, -0.25) is 4.79 Å². The van der Waals surface area contributed by atoms with Gasteiger partial charge in [-0.15, -0.1) is 0 Å². The van der Waals surface area contributed by atoms with E-state index in [1.807, 2.05) is 18.0 Å². The van der Waals surface area contributed by atoms with Gasteiger partial charge in [-0.1, -0.05) is 26.8 Å². The van der Waals surface area contributed by atoms with E-state index in [0.717, 1.165) is 25.9 Å². The molecule has 0 aromatic heterocycles. The minimum absolute atomic E-state index is 0.0727. The summed E-state index contributed by atoms with van der Waals surface area (Å²) in [7, 11) is 4.06. The Balaban J connectivity index is 2.49. The van der Waals surface area contributed by atoms with Crippen molar-refractivity contribution >= 4 is 5.91 Å². The van der Waals surface area contributed by atoms with Crippen LogP contribution >= 0.6 is 0 Å². The van der Waals surface area contributed by atoms with Crippen molar-refractivity contribution in [3.05, 3.63) is 12.2 Å². The smallest absolute Gasteiger partial charge is 0.246 e. The zero-order chi connectivity index (χ0) is 13.1. The number of carbonyl (C=O) groups excluding carboxylic acids is 1. The fraction of sp³-hybridized carbons (Fsp3) is 0.786. The molecule has 0 aromatic carbocycles. The average Bonchev–Trinajstić information content (AvgIpc) is 2.25. The number of rotatable bonds is 2. The van der Waals surface area contributed by atoms with Crippen LogP contribution in [0.2, 0.25) is 0 Å². The summed E-state index contributed by atoms with van der Waals surface area (Å²) in [5, 5.41) is 0. The first-order chi connectivity index (χ1) is 7.79. The Morgan fingerprint density at radius 2 is 1.82 bits per heavy atom. The molecule has 0 unspecified atom stereocenters. The molecular weight excluding hydrogens is 212 g/mol. The Morgan fingerprint density at radius 3 is 2.29 bits per heavy atom. The third-order valence-corrected chi connectivity index (χ3v) is 3.31. The molecule has 17 heavy (non-hydrogen) atoms. The molecule has 0 aromatic rings. The molecule has 1 amide bonds. The molecule has 0 radical (unpaired) electrons. The van der Waals surface area contributed by atoms with E-state index in [4.69, 9.17) is 0 Å². The summed E-state index contributed by atoms with van der Waals surface area (Å²) >= 11 is 0. The van der Waals surface area contributed by atoms with Gasteiger partial charge in [0.15, 0.2) is 0 Å². The van der Waals surface area contributed by atoms with Crippen LogP contribution in [-0.4, -0.2) is 48.9 Å². The fourth-order valence-electron chi connectivity index (χ4n) is 2.00. The SMILES string of the molecule is CN1CCC(N(C)C(=O)/C=C/C(C)(C)C)CC1. The molecule has 0 saturated carbocycles. The molecular formula is C14H26N2O. The highest BCUT2D eigenvalue weighted by atomic mass is 16.2. The maximum atomic E-state index is 12.0. The van der Waals surface area contributed by atoms with Gasteiger partial charge in [-0.25, -0.2) is 0 Å². The lowest BCUT2D eigenvalue weighted by atomic mass is 9.96. The van der Waals surface area contributed by atoms with Crippen molar-refractivity contribution in [1.29, 1.82) is 0 Å². The Labute approximate surface area is 105 Å². The Bertz CT molecular complexity index is 283. The summed E-state index contributed by atoms with van der Waals surface area (Å²) in [4.78, 5) is 16.2. The standard InChI is InChI=1S/C14H26N2O/c1-14(2,3)9-6-13(17)16(5)12-7-10-15(4)11-8-12/h6,9,12H,7-8,10-11H2,1-5H3/b9-6+. The third-order valence-electron chi connectivity index (χ3n) is 3.31. The highest BCUT2D eigenvalue weighted by Gasteiger charge is 2.22. The first kappa shape index (κ1) is 14.2. The van der Waals surface area contributed by atoms with Crippen molar-refractivity contribution in [2.45, 2.75) is 39.7 Å². The number of nitrogens with zero attached hydrogens (tertiary/aromatic N) is 2. The van der Waals surface area contributed by atoms with Crippen molar-refractivity contribution in [2.24, 2.45) is 5.41 Å². The summed E-state index contributed by atoms with van der Waals surface area (Å²) in [6.07, 6.45) is 5.88. The first-order valence-corrected chi connectivity index (χ1v) is 6.44. The average molecular weight is 238 g/mol. The Hall–Kier alpha value is -0.830.